The molecular weight excluding hydrogens is 226 g/mol. The predicted molar refractivity (Wildman–Crippen MR) is 71.8 cm³/mol. The fourth-order valence-corrected chi connectivity index (χ4v) is 1.79. The molecule has 1 N–H and O–H groups in total. The summed E-state index contributed by atoms with van der Waals surface area (Å²) in [4.78, 5) is 0. The molecule has 1 aromatic heterocycles. The largest absolute Gasteiger partial charge is 0.492 e. The zero-order valence-corrected chi connectivity index (χ0v) is 10.8. The maximum atomic E-state index is 5.71. The van der Waals surface area contributed by atoms with E-state index in [0.717, 1.165) is 23.6 Å². The molecule has 0 spiro atoms. The van der Waals surface area contributed by atoms with Crippen LogP contribution in [-0.4, -0.2) is 13.2 Å². The average Bonchev–Trinajstić information content (AvgIpc) is 2.90. The molecule has 2 aromatic rings. The third-order valence-corrected chi connectivity index (χ3v) is 2.87. The molecule has 2 rings (SSSR count). The van der Waals surface area contributed by atoms with Gasteiger partial charge in [0.05, 0.1) is 12.3 Å². The lowest BCUT2D eigenvalue weighted by Gasteiger charge is -2.13. The fourth-order valence-electron chi connectivity index (χ4n) is 1.79. The van der Waals surface area contributed by atoms with Crippen LogP contribution in [0.4, 0.5) is 0 Å². The first-order valence-corrected chi connectivity index (χ1v) is 6.22. The Labute approximate surface area is 108 Å². The van der Waals surface area contributed by atoms with Crippen molar-refractivity contribution in [3.63, 3.8) is 0 Å². The van der Waals surface area contributed by atoms with E-state index >= 15 is 0 Å². The van der Waals surface area contributed by atoms with Gasteiger partial charge in [-0.05, 0) is 37.6 Å². The summed E-state index contributed by atoms with van der Waals surface area (Å²) in [6.07, 6.45) is 1.69. The highest BCUT2D eigenvalue weighted by molar-refractivity contribution is 5.31. The molecule has 0 aliphatic heterocycles. The molecule has 0 bridgehead atoms. The summed E-state index contributed by atoms with van der Waals surface area (Å²) in [7, 11) is 0. The second kappa shape index (κ2) is 6.26. The van der Waals surface area contributed by atoms with E-state index in [1.165, 1.54) is 0 Å². The summed E-state index contributed by atoms with van der Waals surface area (Å²) in [6.45, 7) is 5.56. The van der Waals surface area contributed by atoms with E-state index in [2.05, 4.69) is 12.2 Å². The van der Waals surface area contributed by atoms with E-state index in [-0.39, 0.29) is 6.04 Å². The number of ether oxygens (including phenoxy) is 1. The molecule has 0 aliphatic rings. The quantitative estimate of drug-likeness (QED) is 0.793. The fraction of sp³-hybridized carbons (Fsp3) is 0.333. The van der Waals surface area contributed by atoms with Gasteiger partial charge < -0.3 is 14.5 Å². The van der Waals surface area contributed by atoms with Crippen LogP contribution in [-0.2, 0) is 0 Å². The molecule has 3 heteroatoms. The Bertz CT molecular complexity index is 465. The van der Waals surface area contributed by atoms with Crippen LogP contribution in [0.25, 0.3) is 0 Å². The number of hydrogen-bond donors (Lipinski definition) is 1. The average molecular weight is 245 g/mol. The zero-order valence-electron chi connectivity index (χ0n) is 10.8. The van der Waals surface area contributed by atoms with E-state index in [1.807, 2.05) is 43.3 Å². The number of para-hydroxylation sites is 1. The van der Waals surface area contributed by atoms with E-state index in [1.54, 1.807) is 6.26 Å². The minimum absolute atomic E-state index is 0.209. The van der Waals surface area contributed by atoms with Crippen molar-refractivity contribution in [2.75, 3.05) is 13.2 Å². The number of aryl methyl sites for hydroxylation is 1. The van der Waals surface area contributed by atoms with Crippen molar-refractivity contribution in [2.45, 2.75) is 19.9 Å². The second-order valence-corrected chi connectivity index (χ2v) is 4.31. The van der Waals surface area contributed by atoms with Gasteiger partial charge in [-0.3, -0.25) is 0 Å². The first kappa shape index (κ1) is 12.7. The van der Waals surface area contributed by atoms with Crippen LogP contribution >= 0.6 is 0 Å². The molecule has 0 saturated heterocycles. The van der Waals surface area contributed by atoms with Gasteiger partial charge in [-0.2, -0.15) is 0 Å². The normalized spacial score (nSPS) is 12.3. The van der Waals surface area contributed by atoms with Crippen molar-refractivity contribution < 1.29 is 9.15 Å². The van der Waals surface area contributed by atoms with Gasteiger partial charge in [-0.15, -0.1) is 0 Å². The van der Waals surface area contributed by atoms with Gasteiger partial charge in [0, 0.05) is 6.54 Å². The molecule has 0 aliphatic carbocycles. The van der Waals surface area contributed by atoms with Crippen LogP contribution in [0.5, 0.6) is 5.75 Å². The summed E-state index contributed by atoms with van der Waals surface area (Å²) in [6, 6.07) is 12.1. The standard InChI is InChI=1S/C15H19NO2/c1-12-6-3-4-7-14(12)18-11-9-16-13(2)15-8-5-10-17-15/h3-8,10,13,16H,9,11H2,1-2H3. The van der Waals surface area contributed by atoms with Gasteiger partial charge in [-0.25, -0.2) is 0 Å². The Balaban J connectivity index is 1.72. The molecule has 1 heterocycles. The van der Waals surface area contributed by atoms with Crippen LogP contribution < -0.4 is 10.1 Å². The van der Waals surface area contributed by atoms with Crippen molar-refractivity contribution in [3.8, 4) is 5.75 Å². The van der Waals surface area contributed by atoms with Crippen LogP contribution in [0, 0.1) is 6.92 Å². The molecule has 0 radical (unpaired) electrons. The monoisotopic (exact) mass is 245 g/mol. The third-order valence-electron chi connectivity index (χ3n) is 2.87. The van der Waals surface area contributed by atoms with Gasteiger partial charge in [0.2, 0.25) is 0 Å². The summed E-state index contributed by atoms with van der Waals surface area (Å²) in [5.74, 6) is 1.90. The van der Waals surface area contributed by atoms with E-state index in [9.17, 15) is 0 Å². The number of rotatable bonds is 6. The number of nitrogens with one attached hydrogen (secondary N) is 1. The number of furan rings is 1. The first-order chi connectivity index (χ1) is 8.77. The molecule has 96 valence electrons. The highest BCUT2D eigenvalue weighted by Gasteiger charge is 2.06. The zero-order chi connectivity index (χ0) is 12.8. The predicted octanol–water partition coefficient (Wildman–Crippen LogP) is 3.32. The van der Waals surface area contributed by atoms with Crippen molar-refractivity contribution in [1.82, 2.24) is 5.32 Å². The van der Waals surface area contributed by atoms with Gasteiger partial charge in [-0.1, -0.05) is 18.2 Å². The van der Waals surface area contributed by atoms with E-state index in [0.29, 0.717) is 6.61 Å². The second-order valence-electron chi connectivity index (χ2n) is 4.31. The lowest BCUT2D eigenvalue weighted by molar-refractivity contribution is 0.300. The topological polar surface area (TPSA) is 34.4 Å². The van der Waals surface area contributed by atoms with Gasteiger partial charge >= 0.3 is 0 Å². The maximum Gasteiger partial charge on any atom is 0.122 e. The summed E-state index contributed by atoms with van der Waals surface area (Å²) in [5.41, 5.74) is 1.16. The Kier molecular flexibility index (Phi) is 4.42. The van der Waals surface area contributed by atoms with Gasteiger partial charge in [0.25, 0.3) is 0 Å². The highest BCUT2D eigenvalue weighted by atomic mass is 16.5. The Morgan fingerprint density at radius 2 is 2.06 bits per heavy atom. The minimum Gasteiger partial charge on any atom is -0.492 e. The minimum atomic E-state index is 0.209. The molecule has 0 saturated carbocycles. The SMILES string of the molecule is Cc1ccccc1OCCNC(C)c1ccco1. The van der Waals surface area contributed by atoms with Crippen LogP contribution in [0.1, 0.15) is 24.3 Å². The van der Waals surface area contributed by atoms with Crippen molar-refractivity contribution in [2.24, 2.45) is 0 Å². The molecule has 1 unspecified atom stereocenters. The summed E-state index contributed by atoms with van der Waals surface area (Å²) >= 11 is 0. The molecule has 3 nitrogen and oxygen atoms in total. The molecule has 0 fully saturated rings. The molecule has 18 heavy (non-hydrogen) atoms. The lowest BCUT2D eigenvalue weighted by Crippen LogP contribution is -2.24. The smallest absolute Gasteiger partial charge is 0.122 e. The Hall–Kier alpha value is -1.74. The first-order valence-electron chi connectivity index (χ1n) is 6.22. The number of hydrogen-bond acceptors (Lipinski definition) is 3. The molecule has 1 atom stereocenters. The van der Waals surface area contributed by atoms with Crippen LogP contribution in [0.2, 0.25) is 0 Å². The molecular formula is C15H19NO2. The lowest BCUT2D eigenvalue weighted by atomic mass is 10.2. The maximum absolute atomic E-state index is 5.71. The molecule has 1 aromatic carbocycles. The Morgan fingerprint density at radius 1 is 1.22 bits per heavy atom. The van der Waals surface area contributed by atoms with Crippen molar-refractivity contribution >= 4 is 0 Å². The van der Waals surface area contributed by atoms with Gasteiger partial charge in [0.1, 0.15) is 18.1 Å². The summed E-state index contributed by atoms with van der Waals surface area (Å²) < 4.78 is 11.0. The highest BCUT2D eigenvalue weighted by Crippen LogP contribution is 2.16. The van der Waals surface area contributed by atoms with Crippen molar-refractivity contribution in [1.29, 1.82) is 0 Å². The van der Waals surface area contributed by atoms with E-state index in [4.69, 9.17) is 9.15 Å². The Morgan fingerprint density at radius 3 is 2.78 bits per heavy atom. The van der Waals surface area contributed by atoms with Gasteiger partial charge in [0.15, 0.2) is 0 Å². The van der Waals surface area contributed by atoms with Crippen LogP contribution in [0.15, 0.2) is 47.1 Å². The summed E-state index contributed by atoms with van der Waals surface area (Å²) in [5, 5.41) is 3.36. The van der Waals surface area contributed by atoms with Crippen molar-refractivity contribution in [3.05, 3.63) is 54.0 Å². The van der Waals surface area contributed by atoms with Crippen LogP contribution in [0.3, 0.4) is 0 Å². The van der Waals surface area contributed by atoms with E-state index < -0.39 is 0 Å². The third kappa shape index (κ3) is 3.37. The molecule has 0 amide bonds. The number of benzene rings is 1.